The number of hydrogen-bond donors (Lipinski definition) is 2. The summed E-state index contributed by atoms with van der Waals surface area (Å²) in [5.41, 5.74) is -0.605. The van der Waals surface area contributed by atoms with Gasteiger partial charge in [-0.2, -0.15) is 4.31 Å². The van der Waals surface area contributed by atoms with Crippen LogP contribution in [0.5, 0.6) is 0 Å². The molecule has 0 aliphatic heterocycles. The molecule has 0 heterocycles. The van der Waals surface area contributed by atoms with E-state index in [-0.39, 0.29) is 17.9 Å². The smallest absolute Gasteiger partial charge is 0.307 e. The van der Waals surface area contributed by atoms with Gasteiger partial charge < -0.3 is 10.2 Å². The van der Waals surface area contributed by atoms with E-state index in [0.717, 1.165) is 4.31 Å². The molecule has 0 atom stereocenters. The maximum atomic E-state index is 12.2. The Labute approximate surface area is 118 Å². The summed E-state index contributed by atoms with van der Waals surface area (Å²) in [4.78, 5) is 10.6. The fraction of sp³-hybridized carbons (Fsp3) is 0.462. The fourth-order valence-electron chi connectivity index (χ4n) is 1.76. The zero-order valence-electron chi connectivity index (χ0n) is 11.7. The van der Waals surface area contributed by atoms with Crippen molar-refractivity contribution in [2.24, 2.45) is 0 Å². The van der Waals surface area contributed by atoms with E-state index in [4.69, 9.17) is 5.11 Å². The second kappa shape index (κ2) is 5.90. The molecule has 0 saturated heterocycles. The third-order valence-electron chi connectivity index (χ3n) is 2.60. The second-order valence-electron chi connectivity index (χ2n) is 5.29. The molecule has 0 aromatic heterocycles. The molecule has 7 heteroatoms. The molecule has 6 nitrogen and oxygen atoms in total. The van der Waals surface area contributed by atoms with Crippen LogP contribution in [0.3, 0.4) is 0 Å². The molecule has 112 valence electrons. The molecule has 0 radical (unpaired) electrons. The Balaban J connectivity index is 2.95. The summed E-state index contributed by atoms with van der Waals surface area (Å²) in [5, 5.41) is 18.3. The second-order valence-corrected chi connectivity index (χ2v) is 7.33. The topological polar surface area (TPSA) is 94.9 Å². The molecule has 2 N–H and O–H groups in total. The van der Waals surface area contributed by atoms with Gasteiger partial charge in [0.05, 0.1) is 16.9 Å². The summed E-state index contributed by atoms with van der Waals surface area (Å²) in [6.07, 6.45) is -0.153. The molecule has 0 unspecified atom stereocenters. The summed E-state index contributed by atoms with van der Waals surface area (Å²) < 4.78 is 25.6. The molecule has 0 bridgehead atoms. The molecule has 20 heavy (non-hydrogen) atoms. The first kappa shape index (κ1) is 16.6. The van der Waals surface area contributed by atoms with E-state index in [2.05, 4.69) is 0 Å². The number of sulfonamides is 1. The van der Waals surface area contributed by atoms with Crippen LogP contribution in [0.25, 0.3) is 0 Å². The average Bonchev–Trinajstić information content (AvgIpc) is 2.26. The number of aliphatic carboxylic acids is 1. The summed E-state index contributed by atoms with van der Waals surface area (Å²) in [6.45, 7) is 3.01. The molecule has 0 amide bonds. The van der Waals surface area contributed by atoms with Crippen LogP contribution in [-0.2, 0) is 21.2 Å². The standard InChI is InChI=1S/C13H19NO5S/c1-13(2,17)9-14(3)20(18,19)11-6-4-10(5-7-11)8-12(15)16/h4-7,17H,8-9H2,1-3H3,(H,15,16). The monoisotopic (exact) mass is 301 g/mol. The van der Waals surface area contributed by atoms with Gasteiger partial charge in [-0.15, -0.1) is 0 Å². The van der Waals surface area contributed by atoms with E-state index in [1.165, 1.54) is 45.2 Å². The molecular formula is C13H19NO5S. The Hall–Kier alpha value is -1.44. The Morgan fingerprint density at radius 1 is 1.25 bits per heavy atom. The van der Waals surface area contributed by atoms with Gasteiger partial charge >= 0.3 is 5.97 Å². The van der Waals surface area contributed by atoms with Crippen molar-refractivity contribution in [2.45, 2.75) is 30.8 Å². The van der Waals surface area contributed by atoms with Gasteiger partial charge in [-0.1, -0.05) is 12.1 Å². The normalized spacial score (nSPS) is 12.7. The molecule has 1 aromatic rings. The van der Waals surface area contributed by atoms with Crippen molar-refractivity contribution < 1.29 is 23.4 Å². The van der Waals surface area contributed by atoms with E-state index < -0.39 is 21.6 Å². The first-order valence-electron chi connectivity index (χ1n) is 6.02. The average molecular weight is 301 g/mol. The summed E-state index contributed by atoms with van der Waals surface area (Å²) in [5.74, 6) is -0.972. The highest BCUT2D eigenvalue weighted by Crippen LogP contribution is 2.17. The largest absolute Gasteiger partial charge is 0.481 e. The highest BCUT2D eigenvalue weighted by molar-refractivity contribution is 7.89. The molecule has 0 aliphatic carbocycles. The van der Waals surface area contributed by atoms with Crippen LogP contribution in [0.4, 0.5) is 0 Å². The van der Waals surface area contributed by atoms with E-state index in [0.29, 0.717) is 5.56 Å². The quantitative estimate of drug-likeness (QED) is 0.806. The van der Waals surface area contributed by atoms with Crippen LogP contribution >= 0.6 is 0 Å². The van der Waals surface area contributed by atoms with Gasteiger partial charge in [-0.3, -0.25) is 4.79 Å². The molecule has 1 rings (SSSR count). The van der Waals surface area contributed by atoms with Crippen LogP contribution in [0.15, 0.2) is 29.2 Å². The van der Waals surface area contributed by atoms with Gasteiger partial charge in [0.15, 0.2) is 0 Å². The van der Waals surface area contributed by atoms with E-state index in [1.807, 2.05) is 0 Å². The maximum absolute atomic E-state index is 12.2. The van der Waals surface area contributed by atoms with Crippen LogP contribution in [-0.4, -0.2) is 48.1 Å². The Morgan fingerprint density at radius 2 is 1.75 bits per heavy atom. The van der Waals surface area contributed by atoms with Gasteiger partial charge in [-0.25, -0.2) is 8.42 Å². The lowest BCUT2D eigenvalue weighted by Gasteiger charge is -2.25. The van der Waals surface area contributed by atoms with Crippen molar-refractivity contribution in [3.05, 3.63) is 29.8 Å². The van der Waals surface area contributed by atoms with Crippen molar-refractivity contribution in [3.8, 4) is 0 Å². The number of benzene rings is 1. The van der Waals surface area contributed by atoms with E-state index in [9.17, 15) is 18.3 Å². The SMILES string of the molecule is CN(CC(C)(C)O)S(=O)(=O)c1ccc(CC(=O)O)cc1. The van der Waals surface area contributed by atoms with Crippen molar-refractivity contribution in [1.29, 1.82) is 0 Å². The summed E-state index contributed by atoms with van der Waals surface area (Å²) >= 11 is 0. The third-order valence-corrected chi connectivity index (χ3v) is 4.41. The number of carbonyl (C=O) groups is 1. The minimum Gasteiger partial charge on any atom is -0.481 e. The van der Waals surface area contributed by atoms with Crippen molar-refractivity contribution in [2.75, 3.05) is 13.6 Å². The van der Waals surface area contributed by atoms with Gasteiger partial charge in [0, 0.05) is 13.6 Å². The highest BCUT2D eigenvalue weighted by atomic mass is 32.2. The molecule has 0 aliphatic rings. The molecule has 0 fully saturated rings. The zero-order valence-corrected chi connectivity index (χ0v) is 12.5. The van der Waals surface area contributed by atoms with Gasteiger partial charge in [0.2, 0.25) is 10.0 Å². The number of carboxylic acids is 1. The molecule has 0 spiro atoms. The molecular weight excluding hydrogens is 282 g/mol. The first-order chi connectivity index (χ1) is 9.02. The number of hydrogen-bond acceptors (Lipinski definition) is 4. The van der Waals surface area contributed by atoms with Crippen LogP contribution < -0.4 is 0 Å². The van der Waals surface area contributed by atoms with Crippen LogP contribution in [0.1, 0.15) is 19.4 Å². The number of aliphatic hydroxyl groups is 1. The predicted molar refractivity (Wildman–Crippen MR) is 73.9 cm³/mol. The lowest BCUT2D eigenvalue weighted by molar-refractivity contribution is -0.136. The Bertz CT molecular complexity index is 572. The van der Waals surface area contributed by atoms with Gasteiger partial charge in [0.25, 0.3) is 0 Å². The van der Waals surface area contributed by atoms with E-state index in [1.54, 1.807) is 0 Å². The number of rotatable bonds is 6. The zero-order chi connectivity index (χ0) is 15.6. The minimum atomic E-state index is -3.69. The third kappa shape index (κ3) is 4.59. The van der Waals surface area contributed by atoms with Crippen molar-refractivity contribution in [3.63, 3.8) is 0 Å². The van der Waals surface area contributed by atoms with Crippen molar-refractivity contribution in [1.82, 2.24) is 4.31 Å². The Morgan fingerprint density at radius 3 is 2.15 bits per heavy atom. The summed E-state index contributed by atoms with van der Waals surface area (Å²) in [6, 6.07) is 5.68. The predicted octanol–water partition coefficient (Wildman–Crippen LogP) is 0.705. The maximum Gasteiger partial charge on any atom is 0.307 e. The molecule has 0 saturated carbocycles. The lowest BCUT2D eigenvalue weighted by atomic mass is 10.1. The number of carboxylic acid groups (broad SMARTS) is 1. The first-order valence-corrected chi connectivity index (χ1v) is 7.46. The van der Waals surface area contributed by atoms with Crippen LogP contribution in [0, 0.1) is 0 Å². The minimum absolute atomic E-state index is 0.0355. The highest BCUT2D eigenvalue weighted by Gasteiger charge is 2.26. The lowest BCUT2D eigenvalue weighted by Crippen LogP contribution is -2.39. The summed E-state index contributed by atoms with van der Waals surface area (Å²) in [7, 11) is -2.30. The van der Waals surface area contributed by atoms with Gasteiger partial charge in [-0.05, 0) is 31.5 Å². The van der Waals surface area contributed by atoms with Gasteiger partial charge in [0.1, 0.15) is 0 Å². The number of nitrogens with zero attached hydrogens (tertiary/aromatic N) is 1. The molecule has 1 aromatic carbocycles. The van der Waals surface area contributed by atoms with Crippen LogP contribution in [0.2, 0.25) is 0 Å². The fourth-order valence-corrected chi connectivity index (χ4v) is 3.09. The van der Waals surface area contributed by atoms with Crippen molar-refractivity contribution >= 4 is 16.0 Å². The number of likely N-dealkylation sites (N-methyl/N-ethyl adjacent to an activating group) is 1. The Kier molecular flexibility index (Phi) is 4.90. The van der Waals surface area contributed by atoms with E-state index >= 15 is 0 Å².